The second kappa shape index (κ2) is 6.13. The molecule has 0 saturated carbocycles. The van der Waals surface area contributed by atoms with Crippen molar-refractivity contribution in [2.75, 3.05) is 6.54 Å². The maximum absolute atomic E-state index is 10.2. The average Bonchev–Trinajstić information content (AvgIpc) is 2.90. The van der Waals surface area contributed by atoms with Gasteiger partial charge in [-0.15, -0.1) is 11.3 Å². The molecular formula is C14H17BrN2OS. The quantitative estimate of drug-likeness (QED) is 0.875. The molecule has 1 atom stereocenters. The maximum atomic E-state index is 10.2. The van der Waals surface area contributed by atoms with Gasteiger partial charge in [-0.1, -0.05) is 28.1 Å². The Morgan fingerprint density at radius 1 is 1.47 bits per heavy atom. The summed E-state index contributed by atoms with van der Waals surface area (Å²) < 4.78 is 0.975. The summed E-state index contributed by atoms with van der Waals surface area (Å²) in [6, 6.07) is 7.73. The van der Waals surface area contributed by atoms with Crippen molar-refractivity contribution in [3.05, 3.63) is 50.9 Å². The molecule has 1 heterocycles. The Morgan fingerprint density at radius 2 is 2.26 bits per heavy atom. The fourth-order valence-corrected chi connectivity index (χ4v) is 2.95. The van der Waals surface area contributed by atoms with Gasteiger partial charge in [0.05, 0.1) is 11.6 Å². The summed E-state index contributed by atoms with van der Waals surface area (Å²) in [6.45, 7) is 4.63. The first-order valence-electron chi connectivity index (χ1n) is 6.07. The van der Waals surface area contributed by atoms with E-state index in [-0.39, 0.29) is 5.54 Å². The zero-order valence-electron chi connectivity index (χ0n) is 10.9. The third kappa shape index (κ3) is 3.86. The van der Waals surface area contributed by atoms with Crippen LogP contribution in [-0.4, -0.2) is 16.6 Å². The third-order valence-corrected chi connectivity index (χ3v) is 4.53. The number of aliphatic hydroxyl groups is 1. The number of halogens is 1. The van der Waals surface area contributed by atoms with Crippen LogP contribution in [0.1, 0.15) is 30.5 Å². The van der Waals surface area contributed by atoms with E-state index in [1.54, 1.807) is 17.5 Å². The standard InChI is InChI=1S/C14H17BrN2OS/c1-14(2,13-16-6-7-19-13)17-9-12(18)10-4-3-5-11(15)8-10/h3-8,12,17-18H,9H2,1-2H3. The predicted octanol–water partition coefficient (Wildman–Crippen LogP) is 3.46. The average molecular weight is 341 g/mol. The number of hydrogen-bond acceptors (Lipinski definition) is 4. The summed E-state index contributed by atoms with van der Waals surface area (Å²) in [6.07, 6.45) is 1.27. The first-order valence-corrected chi connectivity index (χ1v) is 7.75. The molecule has 2 N–H and O–H groups in total. The smallest absolute Gasteiger partial charge is 0.112 e. The molecule has 1 aromatic heterocycles. The topological polar surface area (TPSA) is 45.1 Å². The molecule has 0 amide bonds. The maximum Gasteiger partial charge on any atom is 0.112 e. The van der Waals surface area contributed by atoms with Crippen LogP contribution in [0.5, 0.6) is 0 Å². The molecule has 2 rings (SSSR count). The van der Waals surface area contributed by atoms with E-state index >= 15 is 0 Å². The lowest BCUT2D eigenvalue weighted by molar-refractivity contribution is 0.161. The normalized spacial score (nSPS) is 13.5. The van der Waals surface area contributed by atoms with Crippen molar-refractivity contribution in [1.82, 2.24) is 10.3 Å². The zero-order valence-corrected chi connectivity index (χ0v) is 13.3. The van der Waals surface area contributed by atoms with Gasteiger partial charge in [-0.2, -0.15) is 0 Å². The van der Waals surface area contributed by atoms with E-state index in [0.29, 0.717) is 6.54 Å². The van der Waals surface area contributed by atoms with Crippen molar-refractivity contribution in [2.45, 2.75) is 25.5 Å². The highest BCUT2D eigenvalue weighted by molar-refractivity contribution is 9.10. The summed E-state index contributed by atoms with van der Waals surface area (Å²) in [5.74, 6) is 0. The van der Waals surface area contributed by atoms with Gasteiger partial charge in [-0.3, -0.25) is 0 Å². The molecule has 5 heteroatoms. The Balaban J connectivity index is 1.99. The van der Waals surface area contributed by atoms with Gasteiger partial charge in [0.1, 0.15) is 5.01 Å². The number of hydrogen-bond donors (Lipinski definition) is 2. The van der Waals surface area contributed by atoms with Gasteiger partial charge in [0.2, 0.25) is 0 Å². The highest BCUT2D eigenvalue weighted by Gasteiger charge is 2.23. The number of benzene rings is 1. The first-order chi connectivity index (χ1) is 8.99. The minimum absolute atomic E-state index is 0.235. The van der Waals surface area contributed by atoms with Crippen LogP contribution in [0.2, 0.25) is 0 Å². The zero-order chi connectivity index (χ0) is 13.9. The van der Waals surface area contributed by atoms with Gasteiger partial charge in [0.25, 0.3) is 0 Å². The first kappa shape index (κ1) is 14.7. The summed E-state index contributed by atoms with van der Waals surface area (Å²) >= 11 is 5.03. The second-order valence-electron chi connectivity index (χ2n) is 4.91. The Morgan fingerprint density at radius 3 is 2.89 bits per heavy atom. The van der Waals surface area contributed by atoms with Crippen LogP contribution in [0.3, 0.4) is 0 Å². The molecule has 2 aromatic rings. The predicted molar refractivity (Wildman–Crippen MR) is 82.2 cm³/mol. The molecule has 3 nitrogen and oxygen atoms in total. The van der Waals surface area contributed by atoms with Crippen LogP contribution in [0.15, 0.2) is 40.3 Å². The number of thiazole rings is 1. The second-order valence-corrected chi connectivity index (χ2v) is 6.72. The Hall–Kier alpha value is -0.750. The molecule has 102 valence electrons. The number of aliphatic hydroxyl groups excluding tert-OH is 1. The number of nitrogens with one attached hydrogen (secondary N) is 1. The Labute approximate surface area is 125 Å². The van der Waals surface area contributed by atoms with Crippen molar-refractivity contribution in [2.24, 2.45) is 0 Å². The summed E-state index contributed by atoms with van der Waals surface area (Å²) in [5.41, 5.74) is 0.665. The molecule has 0 spiro atoms. The van der Waals surface area contributed by atoms with E-state index in [1.165, 1.54) is 0 Å². The molecular weight excluding hydrogens is 324 g/mol. The van der Waals surface area contributed by atoms with Crippen molar-refractivity contribution >= 4 is 27.3 Å². The van der Waals surface area contributed by atoms with Gasteiger partial charge in [0.15, 0.2) is 0 Å². The third-order valence-electron chi connectivity index (χ3n) is 2.94. The van der Waals surface area contributed by atoms with Crippen LogP contribution < -0.4 is 5.32 Å². The lowest BCUT2D eigenvalue weighted by atomic mass is 10.0. The van der Waals surface area contributed by atoms with E-state index < -0.39 is 6.10 Å². The summed E-state index contributed by atoms with van der Waals surface area (Å²) in [7, 11) is 0. The Kier molecular flexibility index (Phi) is 4.73. The molecule has 0 aliphatic rings. The molecule has 0 aliphatic heterocycles. The van der Waals surface area contributed by atoms with Crippen molar-refractivity contribution in [3.8, 4) is 0 Å². The minimum atomic E-state index is -0.531. The van der Waals surface area contributed by atoms with Gasteiger partial charge >= 0.3 is 0 Å². The molecule has 0 fully saturated rings. The fourth-order valence-electron chi connectivity index (χ4n) is 1.79. The lowest BCUT2D eigenvalue weighted by Gasteiger charge is -2.25. The number of nitrogens with zero attached hydrogens (tertiary/aromatic N) is 1. The largest absolute Gasteiger partial charge is 0.387 e. The Bertz CT molecular complexity index is 528. The molecule has 1 unspecified atom stereocenters. The van der Waals surface area contributed by atoms with Gasteiger partial charge in [-0.25, -0.2) is 4.98 Å². The van der Waals surface area contributed by atoms with E-state index in [2.05, 4.69) is 40.1 Å². The van der Waals surface area contributed by atoms with Crippen LogP contribution >= 0.6 is 27.3 Å². The molecule has 0 saturated heterocycles. The van der Waals surface area contributed by atoms with Crippen molar-refractivity contribution in [1.29, 1.82) is 0 Å². The van der Waals surface area contributed by atoms with E-state index in [4.69, 9.17) is 0 Å². The lowest BCUT2D eigenvalue weighted by Crippen LogP contribution is -2.39. The molecule has 0 radical (unpaired) electrons. The molecule has 0 aliphatic carbocycles. The minimum Gasteiger partial charge on any atom is -0.387 e. The fraction of sp³-hybridized carbons (Fsp3) is 0.357. The highest BCUT2D eigenvalue weighted by atomic mass is 79.9. The summed E-state index contributed by atoms with van der Waals surface area (Å²) in [4.78, 5) is 4.32. The van der Waals surface area contributed by atoms with E-state index in [1.807, 2.05) is 29.6 Å². The van der Waals surface area contributed by atoms with Gasteiger partial charge < -0.3 is 10.4 Å². The van der Waals surface area contributed by atoms with Crippen molar-refractivity contribution in [3.63, 3.8) is 0 Å². The van der Waals surface area contributed by atoms with Crippen LogP contribution in [0.4, 0.5) is 0 Å². The molecule has 1 aromatic carbocycles. The number of rotatable bonds is 5. The SMILES string of the molecule is CC(C)(NCC(O)c1cccc(Br)c1)c1nccs1. The van der Waals surface area contributed by atoms with Gasteiger partial charge in [0, 0.05) is 22.6 Å². The summed E-state index contributed by atoms with van der Waals surface area (Å²) in [5, 5.41) is 16.6. The molecule has 19 heavy (non-hydrogen) atoms. The van der Waals surface area contributed by atoms with Crippen LogP contribution in [0.25, 0.3) is 0 Å². The van der Waals surface area contributed by atoms with E-state index in [0.717, 1.165) is 15.0 Å². The van der Waals surface area contributed by atoms with Crippen molar-refractivity contribution < 1.29 is 5.11 Å². The van der Waals surface area contributed by atoms with Crippen LogP contribution in [-0.2, 0) is 5.54 Å². The monoisotopic (exact) mass is 340 g/mol. The molecule has 0 bridgehead atoms. The highest BCUT2D eigenvalue weighted by Crippen LogP contribution is 2.23. The van der Waals surface area contributed by atoms with Gasteiger partial charge in [-0.05, 0) is 31.5 Å². The number of aromatic nitrogens is 1. The van der Waals surface area contributed by atoms with E-state index in [9.17, 15) is 5.11 Å². The van der Waals surface area contributed by atoms with Crippen LogP contribution in [0, 0.1) is 0 Å².